The number of nitrogens with one attached hydrogen (secondary N) is 2. The number of aromatic nitrogens is 4. The summed E-state index contributed by atoms with van der Waals surface area (Å²) in [5, 5.41) is 20.2. The smallest absolute Gasteiger partial charge is 0.293 e. The standard InChI is InChI=1S/C23H16Cl2N6O2S2/c1-11-9-14(21-30-31-12(2)28-29-23(31)35-21)4-6-17(11)26-22(34)27-20(32)19-8-7-18(33-19)13-3-5-15(24)16(25)10-13/h3-10H,1-2H3,(H2,26,27,32,34). The fraction of sp³-hybridized carbons (Fsp3) is 0.0870. The zero-order chi connectivity index (χ0) is 24.7. The maximum atomic E-state index is 12.6. The Morgan fingerprint density at radius 3 is 2.57 bits per heavy atom. The van der Waals surface area contributed by atoms with Gasteiger partial charge in [0.2, 0.25) is 4.96 Å². The molecule has 5 rings (SSSR count). The van der Waals surface area contributed by atoms with Gasteiger partial charge in [-0.05, 0) is 80.2 Å². The van der Waals surface area contributed by atoms with Gasteiger partial charge in [0.15, 0.2) is 16.7 Å². The second-order valence-electron chi connectivity index (χ2n) is 7.58. The van der Waals surface area contributed by atoms with Crippen LogP contribution in [0.4, 0.5) is 5.69 Å². The maximum Gasteiger partial charge on any atom is 0.293 e. The highest BCUT2D eigenvalue weighted by atomic mass is 35.5. The van der Waals surface area contributed by atoms with Gasteiger partial charge in [0.1, 0.15) is 10.8 Å². The molecule has 1 amide bonds. The van der Waals surface area contributed by atoms with E-state index >= 15 is 0 Å². The van der Waals surface area contributed by atoms with Gasteiger partial charge in [0.25, 0.3) is 5.91 Å². The Hall–Kier alpha value is -3.31. The van der Waals surface area contributed by atoms with Crippen molar-refractivity contribution in [3.8, 4) is 21.9 Å². The van der Waals surface area contributed by atoms with Gasteiger partial charge in [-0.1, -0.05) is 34.5 Å². The van der Waals surface area contributed by atoms with Crippen molar-refractivity contribution in [3.05, 3.63) is 75.7 Å². The average Bonchev–Trinajstić information content (AvgIpc) is 3.55. The van der Waals surface area contributed by atoms with Gasteiger partial charge in [-0.3, -0.25) is 10.1 Å². The van der Waals surface area contributed by atoms with Crippen molar-refractivity contribution in [2.24, 2.45) is 0 Å². The van der Waals surface area contributed by atoms with Crippen LogP contribution in [-0.4, -0.2) is 30.8 Å². The van der Waals surface area contributed by atoms with Gasteiger partial charge in [0.05, 0.1) is 10.0 Å². The van der Waals surface area contributed by atoms with Crippen LogP contribution in [0.2, 0.25) is 10.0 Å². The van der Waals surface area contributed by atoms with E-state index in [0.29, 0.717) is 21.4 Å². The third-order valence-electron chi connectivity index (χ3n) is 5.13. The van der Waals surface area contributed by atoms with E-state index in [1.807, 2.05) is 32.0 Å². The number of carbonyl (C=O) groups is 1. The molecule has 0 saturated carbocycles. The van der Waals surface area contributed by atoms with Crippen LogP contribution in [0, 0.1) is 13.8 Å². The van der Waals surface area contributed by atoms with E-state index in [0.717, 1.165) is 32.6 Å². The van der Waals surface area contributed by atoms with E-state index in [1.54, 1.807) is 34.8 Å². The van der Waals surface area contributed by atoms with Gasteiger partial charge >= 0.3 is 0 Å². The number of fused-ring (bicyclic) bond motifs is 1. The molecule has 0 aliphatic rings. The van der Waals surface area contributed by atoms with E-state index in [1.165, 1.54) is 11.3 Å². The second kappa shape index (κ2) is 9.38. The molecule has 0 radical (unpaired) electrons. The topological polar surface area (TPSA) is 97.4 Å². The molecule has 12 heteroatoms. The summed E-state index contributed by atoms with van der Waals surface area (Å²) in [7, 11) is 0. The molecule has 2 N–H and O–H groups in total. The summed E-state index contributed by atoms with van der Waals surface area (Å²) < 4.78 is 7.39. The van der Waals surface area contributed by atoms with Crippen LogP contribution in [0.25, 0.3) is 26.9 Å². The Morgan fingerprint density at radius 2 is 1.83 bits per heavy atom. The molecule has 2 aromatic carbocycles. The minimum atomic E-state index is -0.474. The van der Waals surface area contributed by atoms with Crippen LogP contribution in [0.3, 0.4) is 0 Å². The molecule has 0 spiro atoms. The largest absolute Gasteiger partial charge is 0.451 e. The molecule has 8 nitrogen and oxygen atoms in total. The van der Waals surface area contributed by atoms with Gasteiger partial charge in [-0.2, -0.15) is 9.61 Å². The van der Waals surface area contributed by atoms with Crippen molar-refractivity contribution < 1.29 is 9.21 Å². The number of hydrogen-bond acceptors (Lipinski definition) is 7. The van der Waals surface area contributed by atoms with Gasteiger partial charge in [-0.25, -0.2) is 0 Å². The Morgan fingerprint density at radius 1 is 1.03 bits per heavy atom. The lowest BCUT2D eigenvalue weighted by atomic mass is 10.1. The van der Waals surface area contributed by atoms with Crippen LogP contribution in [0.15, 0.2) is 52.9 Å². The van der Waals surface area contributed by atoms with Crippen LogP contribution in [0.5, 0.6) is 0 Å². The number of benzene rings is 2. The minimum absolute atomic E-state index is 0.112. The summed E-state index contributed by atoms with van der Waals surface area (Å²) in [6.45, 7) is 3.80. The number of hydrogen-bond donors (Lipinski definition) is 2. The molecular formula is C23H16Cl2N6O2S2. The molecule has 35 heavy (non-hydrogen) atoms. The molecule has 0 saturated heterocycles. The molecule has 3 heterocycles. The minimum Gasteiger partial charge on any atom is -0.451 e. The lowest BCUT2D eigenvalue weighted by Crippen LogP contribution is -2.34. The summed E-state index contributed by atoms with van der Waals surface area (Å²) in [6.07, 6.45) is 0. The van der Waals surface area contributed by atoms with E-state index in [9.17, 15) is 4.79 Å². The molecular weight excluding hydrogens is 527 g/mol. The third-order valence-corrected chi connectivity index (χ3v) is 7.02. The van der Waals surface area contributed by atoms with Crippen molar-refractivity contribution in [2.45, 2.75) is 13.8 Å². The first-order chi connectivity index (χ1) is 16.8. The number of amides is 1. The molecule has 0 unspecified atom stereocenters. The first-order valence-electron chi connectivity index (χ1n) is 10.3. The molecule has 0 bridgehead atoms. The Kier molecular flexibility index (Phi) is 6.28. The Bertz CT molecular complexity index is 1610. The lowest BCUT2D eigenvalue weighted by molar-refractivity contribution is 0.0951. The van der Waals surface area contributed by atoms with Crippen molar-refractivity contribution in [3.63, 3.8) is 0 Å². The number of carbonyl (C=O) groups excluding carboxylic acids is 1. The van der Waals surface area contributed by atoms with Crippen LogP contribution in [-0.2, 0) is 0 Å². The summed E-state index contributed by atoms with van der Waals surface area (Å²) in [6, 6.07) is 14.1. The fourth-order valence-corrected chi connectivity index (χ4v) is 4.73. The number of halogens is 2. The quantitative estimate of drug-likeness (QED) is 0.262. The van der Waals surface area contributed by atoms with Crippen LogP contribution >= 0.6 is 46.8 Å². The zero-order valence-corrected chi connectivity index (χ0v) is 21.4. The number of anilines is 1. The van der Waals surface area contributed by atoms with Gasteiger partial charge in [-0.15, -0.1) is 10.2 Å². The van der Waals surface area contributed by atoms with Gasteiger partial charge < -0.3 is 9.73 Å². The van der Waals surface area contributed by atoms with E-state index in [4.69, 9.17) is 39.8 Å². The molecule has 0 fully saturated rings. The molecule has 0 aliphatic heterocycles. The van der Waals surface area contributed by atoms with Crippen molar-refractivity contribution >= 4 is 68.4 Å². The average molecular weight is 543 g/mol. The fourth-order valence-electron chi connectivity index (χ4n) is 3.35. The Labute approximate surface area is 218 Å². The highest BCUT2D eigenvalue weighted by Gasteiger charge is 2.16. The number of rotatable bonds is 4. The molecule has 0 aliphatic carbocycles. The summed E-state index contributed by atoms with van der Waals surface area (Å²) in [4.78, 5) is 13.4. The molecule has 3 aromatic heterocycles. The number of thiocarbonyl (C=S) groups is 1. The summed E-state index contributed by atoms with van der Waals surface area (Å²) >= 11 is 18.8. The number of furan rings is 1. The van der Waals surface area contributed by atoms with Crippen molar-refractivity contribution in [2.75, 3.05) is 5.32 Å². The van der Waals surface area contributed by atoms with Crippen LogP contribution < -0.4 is 10.6 Å². The highest BCUT2D eigenvalue weighted by molar-refractivity contribution is 7.80. The third kappa shape index (κ3) is 4.78. The second-order valence-corrected chi connectivity index (χ2v) is 9.76. The first kappa shape index (κ1) is 23.4. The number of nitrogens with zero attached hydrogens (tertiary/aromatic N) is 4. The van der Waals surface area contributed by atoms with Crippen molar-refractivity contribution in [1.82, 2.24) is 25.1 Å². The first-order valence-corrected chi connectivity index (χ1v) is 12.2. The lowest BCUT2D eigenvalue weighted by Gasteiger charge is -2.12. The monoisotopic (exact) mass is 542 g/mol. The van der Waals surface area contributed by atoms with E-state index in [2.05, 4.69) is 25.9 Å². The van der Waals surface area contributed by atoms with Gasteiger partial charge in [0, 0.05) is 16.8 Å². The predicted molar refractivity (Wildman–Crippen MR) is 141 cm³/mol. The Balaban J connectivity index is 1.25. The normalized spacial score (nSPS) is 11.1. The molecule has 5 aromatic rings. The van der Waals surface area contributed by atoms with Crippen LogP contribution in [0.1, 0.15) is 21.9 Å². The number of aryl methyl sites for hydroxylation is 2. The predicted octanol–water partition coefficient (Wildman–Crippen LogP) is 6.16. The SMILES string of the molecule is Cc1cc(-c2nn3c(C)nnc3s2)ccc1NC(=S)NC(=O)c1ccc(-c2ccc(Cl)c(Cl)c2)o1. The zero-order valence-electron chi connectivity index (χ0n) is 18.3. The van der Waals surface area contributed by atoms with E-state index in [-0.39, 0.29) is 10.9 Å². The maximum absolute atomic E-state index is 12.6. The van der Waals surface area contributed by atoms with Crippen molar-refractivity contribution in [1.29, 1.82) is 0 Å². The molecule has 176 valence electrons. The van der Waals surface area contributed by atoms with E-state index < -0.39 is 5.91 Å². The molecule has 0 atom stereocenters. The highest BCUT2D eigenvalue weighted by Crippen LogP contribution is 2.30. The summed E-state index contributed by atoms with van der Waals surface area (Å²) in [5.74, 6) is 0.859. The summed E-state index contributed by atoms with van der Waals surface area (Å²) in [5.41, 5.74) is 3.34.